The number of piperazine rings is 1. The Labute approximate surface area is 150 Å². The molecular formula is C15H28Cl2N6. The van der Waals surface area contributed by atoms with Crippen LogP contribution in [0.3, 0.4) is 0 Å². The van der Waals surface area contributed by atoms with Gasteiger partial charge in [0.1, 0.15) is 5.82 Å². The van der Waals surface area contributed by atoms with E-state index in [-0.39, 0.29) is 30.4 Å². The lowest BCUT2D eigenvalue weighted by atomic mass is 9.78. The Hall–Kier alpha value is -0.820. The molecule has 0 spiro atoms. The first-order valence-corrected chi connectivity index (χ1v) is 7.71. The van der Waals surface area contributed by atoms with Gasteiger partial charge in [0, 0.05) is 43.2 Å². The topological polar surface area (TPSA) is 84.3 Å². The summed E-state index contributed by atoms with van der Waals surface area (Å²) in [7, 11) is 2.17. The number of nitrogens with zero attached hydrogens (tertiary/aromatic N) is 4. The first kappa shape index (κ1) is 20.2. The molecule has 2 aliphatic rings. The van der Waals surface area contributed by atoms with E-state index in [1.807, 2.05) is 0 Å². The van der Waals surface area contributed by atoms with Crippen molar-refractivity contribution in [2.45, 2.75) is 44.2 Å². The van der Waals surface area contributed by atoms with Crippen molar-refractivity contribution in [3.05, 3.63) is 11.8 Å². The zero-order chi connectivity index (χ0) is 15.2. The fourth-order valence-corrected chi connectivity index (χ4v) is 3.18. The Morgan fingerprint density at radius 1 is 1.17 bits per heavy atom. The van der Waals surface area contributed by atoms with Gasteiger partial charge in [0.25, 0.3) is 0 Å². The van der Waals surface area contributed by atoms with Gasteiger partial charge < -0.3 is 16.4 Å². The van der Waals surface area contributed by atoms with Crippen molar-refractivity contribution in [3.63, 3.8) is 0 Å². The minimum absolute atomic E-state index is 0. The number of anilines is 2. The molecule has 1 aliphatic heterocycles. The molecule has 132 valence electrons. The largest absolute Gasteiger partial charge is 0.368 e. The second-order valence-electron chi connectivity index (χ2n) is 7.09. The van der Waals surface area contributed by atoms with Crippen LogP contribution in [0.4, 0.5) is 11.8 Å². The minimum Gasteiger partial charge on any atom is -0.368 e. The number of halogens is 2. The summed E-state index contributed by atoms with van der Waals surface area (Å²) in [6.07, 6.45) is 2.01. The van der Waals surface area contributed by atoms with Crippen molar-refractivity contribution >= 4 is 36.6 Å². The van der Waals surface area contributed by atoms with Gasteiger partial charge in [-0.3, -0.25) is 4.90 Å². The molecular weight excluding hydrogens is 335 g/mol. The molecule has 0 amide bonds. The third-order valence-electron chi connectivity index (χ3n) is 4.98. The fourth-order valence-electron chi connectivity index (χ4n) is 3.18. The molecule has 0 aromatic carbocycles. The SMILES string of the molecule is CN1CCN(c2cc(C3CC(N)C3)nc(N)n2)CC1(C)C.Cl.Cl. The Morgan fingerprint density at radius 3 is 2.39 bits per heavy atom. The van der Waals surface area contributed by atoms with Crippen LogP contribution in [-0.4, -0.2) is 53.1 Å². The summed E-state index contributed by atoms with van der Waals surface area (Å²) >= 11 is 0. The molecule has 1 aliphatic carbocycles. The van der Waals surface area contributed by atoms with Crippen LogP contribution in [0.5, 0.6) is 0 Å². The molecule has 6 nitrogen and oxygen atoms in total. The molecule has 1 saturated heterocycles. The summed E-state index contributed by atoms with van der Waals surface area (Å²) in [5.74, 6) is 1.78. The summed E-state index contributed by atoms with van der Waals surface area (Å²) in [5.41, 5.74) is 13.0. The monoisotopic (exact) mass is 362 g/mol. The van der Waals surface area contributed by atoms with E-state index in [9.17, 15) is 0 Å². The van der Waals surface area contributed by atoms with Crippen molar-refractivity contribution in [1.82, 2.24) is 14.9 Å². The van der Waals surface area contributed by atoms with Gasteiger partial charge in [-0.15, -0.1) is 24.8 Å². The molecule has 0 unspecified atom stereocenters. The van der Waals surface area contributed by atoms with Gasteiger partial charge in [0.2, 0.25) is 5.95 Å². The van der Waals surface area contributed by atoms with Crippen molar-refractivity contribution in [2.75, 3.05) is 37.3 Å². The summed E-state index contributed by atoms with van der Waals surface area (Å²) in [6, 6.07) is 2.42. The van der Waals surface area contributed by atoms with Crippen LogP contribution in [0, 0.1) is 0 Å². The highest BCUT2D eigenvalue weighted by atomic mass is 35.5. The number of aromatic nitrogens is 2. The van der Waals surface area contributed by atoms with E-state index < -0.39 is 0 Å². The zero-order valence-electron chi connectivity index (χ0n) is 14.0. The molecule has 2 heterocycles. The zero-order valence-corrected chi connectivity index (χ0v) is 15.7. The maximum Gasteiger partial charge on any atom is 0.222 e. The highest BCUT2D eigenvalue weighted by Gasteiger charge is 2.33. The van der Waals surface area contributed by atoms with Crippen LogP contribution in [0.15, 0.2) is 6.07 Å². The predicted molar refractivity (Wildman–Crippen MR) is 99.8 cm³/mol. The number of likely N-dealkylation sites (N-methyl/N-ethyl adjacent to an activating group) is 1. The summed E-state index contributed by atoms with van der Waals surface area (Å²) in [4.78, 5) is 13.6. The highest BCUT2D eigenvalue weighted by molar-refractivity contribution is 5.85. The molecule has 23 heavy (non-hydrogen) atoms. The summed E-state index contributed by atoms with van der Waals surface area (Å²) in [5, 5.41) is 0. The van der Waals surface area contributed by atoms with Crippen LogP contribution in [0.1, 0.15) is 38.3 Å². The second kappa shape index (κ2) is 7.38. The van der Waals surface area contributed by atoms with Crippen LogP contribution in [0.2, 0.25) is 0 Å². The Bertz CT molecular complexity index is 533. The van der Waals surface area contributed by atoms with Crippen LogP contribution < -0.4 is 16.4 Å². The quantitative estimate of drug-likeness (QED) is 0.831. The maximum absolute atomic E-state index is 5.92. The highest BCUT2D eigenvalue weighted by Crippen LogP contribution is 2.36. The van der Waals surface area contributed by atoms with Gasteiger partial charge in [-0.2, -0.15) is 4.98 Å². The Balaban J connectivity index is 0.00000132. The lowest BCUT2D eigenvalue weighted by Gasteiger charge is -2.46. The minimum atomic E-state index is 0. The molecule has 1 aromatic rings. The van der Waals surface area contributed by atoms with E-state index in [2.05, 4.69) is 46.7 Å². The molecule has 1 aromatic heterocycles. The number of nitrogens with two attached hydrogens (primary N) is 2. The van der Waals surface area contributed by atoms with Crippen molar-refractivity contribution < 1.29 is 0 Å². The summed E-state index contributed by atoms with van der Waals surface area (Å²) in [6.45, 7) is 7.47. The Morgan fingerprint density at radius 2 is 1.83 bits per heavy atom. The molecule has 2 fully saturated rings. The fraction of sp³-hybridized carbons (Fsp3) is 0.733. The molecule has 4 N–H and O–H groups in total. The van der Waals surface area contributed by atoms with Gasteiger partial charge in [0.05, 0.1) is 5.69 Å². The van der Waals surface area contributed by atoms with Crippen LogP contribution in [-0.2, 0) is 0 Å². The second-order valence-corrected chi connectivity index (χ2v) is 7.09. The standard InChI is InChI=1S/C15H26N6.2ClH/c1-15(2)9-21(5-4-20(15)3)13-8-12(18-14(17)19-13)10-6-11(16)7-10;;/h8,10-11H,4-7,9,16H2,1-3H3,(H2,17,18,19);2*1H. The van der Waals surface area contributed by atoms with E-state index in [1.54, 1.807) is 0 Å². The molecule has 8 heteroatoms. The summed E-state index contributed by atoms with van der Waals surface area (Å²) < 4.78 is 0. The van der Waals surface area contributed by atoms with E-state index >= 15 is 0 Å². The molecule has 3 rings (SSSR count). The molecule has 0 radical (unpaired) electrons. The van der Waals surface area contributed by atoms with Gasteiger partial charge in [-0.05, 0) is 33.7 Å². The molecule has 0 atom stereocenters. The number of rotatable bonds is 2. The van der Waals surface area contributed by atoms with Gasteiger partial charge in [0.15, 0.2) is 0 Å². The van der Waals surface area contributed by atoms with Gasteiger partial charge in [-0.1, -0.05) is 0 Å². The number of hydrogen-bond donors (Lipinski definition) is 2. The number of nitrogen functional groups attached to an aromatic ring is 1. The lowest BCUT2D eigenvalue weighted by Crippen LogP contribution is -2.58. The third-order valence-corrected chi connectivity index (χ3v) is 4.98. The van der Waals surface area contributed by atoms with Crippen molar-refractivity contribution in [2.24, 2.45) is 5.73 Å². The average Bonchev–Trinajstić information content (AvgIpc) is 2.37. The molecule has 0 bridgehead atoms. The smallest absolute Gasteiger partial charge is 0.222 e. The van der Waals surface area contributed by atoms with Gasteiger partial charge >= 0.3 is 0 Å². The third kappa shape index (κ3) is 4.18. The lowest BCUT2D eigenvalue weighted by molar-refractivity contribution is 0.138. The Kier molecular flexibility index (Phi) is 6.49. The molecule has 1 saturated carbocycles. The normalized spacial score (nSPS) is 26.7. The average molecular weight is 363 g/mol. The van der Waals surface area contributed by atoms with Crippen LogP contribution in [0.25, 0.3) is 0 Å². The van der Waals surface area contributed by atoms with E-state index in [4.69, 9.17) is 11.5 Å². The van der Waals surface area contributed by atoms with E-state index in [0.717, 1.165) is 44.0 Å². The van der Waals surface area contributed by atoms with Crippen molar-refractivity contribution in [1.29, 1.82) is 0 Å². The van der Waals surface area contributed by atoms with Crippen molar-refractivity contribution in [3.8, 4) is 0 Å². The van der Waals surface area contributed by atoms with Crippen LogP contribution >= 0.6 is 24.8 Å². The van der Waals surface area contributed by atoms with E-state index in [1.165, 1.54) is 0 Å². The first-order valence-electron chi connectivity index (χ1n) is 7.71. The van der Waals surface area contributed by atoms with E-state index in [0.29, 0.717) is 17.9 Å². The van der Waals surface area contributed by atoms with Gasteiger partial charge in [-0.25, -0.2) is 4.98 Å². The number of hydrogen-bond acceptors (Lipinski definition) is 6. The predicted octanol–water partition coefficient (Wildman–Crippen LogP) is 1.64. The maximum atomic E-state index is 5.92. The first-order chi connectivity index (χ1) is 9.85.